The summed E-state index contributed by atoms with van der Waals surface area (Å²) in [5.41, 5.74) is 3.52. The number of rotatable bonds is 6. The van der Waals surface area contributed by atoms with Gasteiger partial charge in [-0.1, -0.05) is 41.9 Å². The zero-order chi connectivity index (χ0) is 33.6. The topological polar surface area (TPSA) is 119 Å². The van der Waals surface area contributed by atoms with Crippen LogP contribution in [-0.2, 0) is 20.8 Å². The quantitative estimate of drug-likeness (QED) is 0.382. The highest BCUT2D eigenvalue weighted by Crippen LogP contribution is 2.45. The van der Waals surface area contributed by atoms with E-state index in [1.54, 1.807) is 38.3 Å². The van der Waals surface area contributed by atoms with Crippen molar-refractivity contribution in [3.8, 4) is 28.3 Å². The van der Waals surface area contributed by atoms with Crippen LogP contribution in [-0.4, -0.2) is 101 Å². The average molecular weight is 663 g/mol. The van der Waals surface area contributed by atoms with Crippen molar-refractivity contribution in [3.05, 3.63) is 76.2 Å². The van der Waals surface area contributed by atoms with Gasteiger partial charge in [0, 0.05) is 81.7 Å². The maximum Gasteiger partial charge on any atom is 0.264 e. The summed E-state index contributed by atoms with van der Waals surface area (Å²) in [7, 11) is 4.47. The van der Waals surface area contributed by atoms with Gasteiger partial charge in [-0.25, -0.2) is 9.37 Å². The minimum atomic E-state index is -1.22. The molecule has 3 amide bonds. The molecule has 13 heteroatoms. The largest absolute Gasteiger partial charge is 0.481 e. The molecule has 2 N–H and O–H groups in total. The van der Waals surface area contributed by atoms with Crippen LogP contribution in [0.5, 0.6) is 5.88 Å². The smallest absolute Gasteiger partial charge is 0.264 e. The number of aromatic nitrogens is 1. The number of carbonyl (C=O) groups is 3. The van der Waals surface area contributed by atoms with Crippen molar-refractivity contribution < 1.29 is 28.6 Å². The van der Waals surface area contributed by atoms with Crippen molar-refractivity contribution in [2.24, 2.45) is 0 Å². The molecule has 246 valence electrons. The number of pyridine rings is 1. The molecule has 1 aromatic heterocycles. The number of methoxy groups -OCH3 is 1. The lowest BCUT2D eigenvalue weighted by Crippen LogP contribution is -2.51. The minimum absolute atomic E-state index is 0.0898. The highest BCUT2D eigenvalue weighted by Gasteiger charge is 2.35. The molecule has 3 aliphatic rings. The number of anilines is 1. The molecule has 1 saturated heterocycles. The number of hydrogen-bond acceptors (Lipinski definition) is 8. The number of hydrogen-bond donors (Lipinski definition) is 2. The summed E-state index contributed by atoms with van der Waals surface area (Å²) in [5, 5.41) is 12.8. The normalized spacial score (nSPS) is 19.9. The van der Waals surface area contributed by atoms with Gasteiger partial charge in [0.05, 0.1) is 23.5 Å². The van der Waals surface area contributed by atoms with E-state index in [0.717, 1.165) is 42.0 Å². The van der Waals surface area contributed by atoms with Gasteiger partial charge >= 0.3 is 0 Å². The van der Waals surface area contributed by atoms with E-state index in [0.29, 0.717) is 35.8 Å². The number of fused-ring (bicyclic) bond motifs is 1. The second kappa shape index (κ2) is 12.9. The van der Waals surface area contributed by atoms with Crippen LogP contribution in [0.15, 0.2) is 54.2 Å². The van der Waals surface area contributed by atoms with Crippen LogP contribution in [0, 0.1) is 5.82 Å². The molecule has 1 aliphatic carbocycles. The first-order valence-corrected chi connectivity index (χ1v) is 15.7. The van der Waals surface area contributed by atoms with Gasteiger partial charge in [-0.3, -0.25) is 24.2 Å². The Morgan fingerprint density at radius 3 is 2.45 bits per heavy atom. The van der Waals surface area contributed by atoms with Crippen molar-refractivity contribution in [3.63, 3.8) is 0 Å². The third-order valence-corrected chi connectivity index (χ3v) is 9.58. The number of nitrogens with one attached hydrogen (secondary N) is 1. The number of halogens is 2. The maximum atomic E-state index is 16.0. The lowest BCUT2D eigenvalue weighted by molar-refractivity contribution is -0.149. The van der Waals surface area contributed by atoms with E-state index in [2.05, 4.69) is 10.2 Å². The van der Waals surface area contributed by atoms with Crippen LogP contribution < -0.4 is 10.1 Å². The van der Waals surface area contributed by atoms with Crippen LogP contribution in [0.4, 0.5) is 10.1 Å². The zero-order valence-corrected chi connectivity index (χ0v) is 27.3. The van der Waals surface area contributed by atoms with Gasteiger partial charge < -0.3 is 25.0 Å². The van der Waals surface area contributed by atoms with E-state index in [1.807, 2.05) is 17.0 Å². The summed E-state index contributed by atoms with van der Waals surface area (Å²) >= 11 is 6.97. The fourth-order valence-corrected chi connectivity index (χ4v) is 6.93. The molecule has 0 bridgehead atoms. The van der Waals surface area contributed by atoms with E-state index in [4.69, 9.17) is 21.3 Å². The molecule has 0 radical (unpaired) electrons. The standard InChI is InChI=1S/C34H36ClFN6O5/c1-19(43)41-13-15-42(16-14-41)27-12-11-20-17-26(38-32(47-4)28(20)27)23-9-5-7-21(29(23)35)22-8-6-10-25(30(22)36)37-31(44)24-18-39(2)34(46)40(3)33(24)45/h5-10,17-18,27,34,46H,11-16H2,1-4H3,(H,37,44). The van der Waals surface area contributed by atoms with Gasteiger partial charge in [-0.2, -0.15) is 0 Å². The molecule has 1 fully saturated rings. The molecule has 2 aliphatic heterocycles. The lowest BCUT2D eigenvalue weighted by atomic mass is 9.98. The van der Waals surface area contributed by atoms with E-state index < -0.39 is 24.0 Å². The van der Waals surface area contributed by atoms with Gasteiger partial charge in [0.15, 0.2) is 5.82 Å². The number of ether oxygens (including phenoxy) is 1. The number of benzene rings is 2. The molecule has 2 atom stereocenters. The third kappa shape index (κ3) is 5.92. The van der Waals surface area contributed by atoms with E-state index >= 15 is 4.39 Å². The zero-order valence-electron chi connectivity index (χ0n) is 26.6. The predicted molar refractivity (Wildman–Crippen MR) is 175 cm³/mol. The van der Waals surface area contributed by atoms with Crippen LogP contribution in [0.3, 0.4) is 0 Å². The van der Waals surface area contributed by atoms with E-state index in [1.165, 1.54) is 31.3 Å². The van der Waals surface area contributed by atoms with Crippen molar-refractivity contribution in [2.75, 3.05) is 52.7 Å². The predicted octanol–water partition coefficient (Wildman–Crippen LogP) is 3.87. The maximum absolute atomic E-state index is 16.0. The minimum Gasteiger partial charge on any atom is -0.481 e. The summed E-state index contributed by atoms with van der Waals surface area (Å²) in [4.78, 5) is 48.9. The van der Waals surface area contributed by atoms with Crippen molar-refractivity contribution in [1.29, 1.82) is 0 Å². The molecule has 2 unspecified atom stereocenters. The molecule has 11 nitrogen and oxygen atoms in total. The van der Waals surface area contributed by atoms with Gasteiger partial charge in [0.25, 0.3) is 11.8 Å². The Balaban J connectivity index is 1.29. The van der Waals surface area contributed by atoms with Crippen molar-refractivity contribution in [2.45, 2.75) is 32.2 Å². The number of carbonyl (C=O) groups excluding carboxylic acids is 3. The third-order valence-electron chi connectivity index (χ3n) is 9.17. The first kappa shape index (κ1) is 32.4. The Hall–Kier alpha value is -4.52. The first-order chi connectivity index (χ1) is 22.5. The molecule has 0 spiro atoms. The van der Waals surface area contributed by atoms with Crippen LogP contribution in [0.2, 0.25) is 5.02 Å². The molecule has 6 rings (SSSR count). The Bertz CT molecular complexity index is 1790. The molecular formula is C34H36ClFN6O5. The number of aliphatic hydroxyl groups excluding tert-OH is 1. The summed E-state index contributed by atoms with van der Waals surface area (Å²) in [6.45, 7) is 4.53. The Labute approximate surface area is 277 Å². The fourth-order valence-electron chi connectivity index (χ4n) is 6.60. The van der Waals surface area contributed by atoms with Gasteiger partial charge in [-0.05, 0) is 30.5 Å². The van der Waals surface area contributed by atoms with Crippen LogP contribution >= 0.6 is 11.6 Å². The second-order valence-electron chi connectivity index (χ2n) is 11.9. The Morgan fingerprint density at radius 1 is 1.06 bits per heavy atom. The first-order valence-electron chi connectivity index (χ1n) is 15.4. The number of aryl methyl sites for hydroxylation is 1. The van der Waals surface area contributed by atoms with Crippen LogP contribution in [0.1, 0.15) is 30.5 Å². The SMILES string of the molecule is COc1nc(-c2cccc(-c3cccc(NC(=O)C4=CN(C)C(O)N(C)C4=O)c3F)c2Cl)cc2c1C(N1CCN(C(C)=O)CC1)CC2. The molecule has 3 aromatic rings. The molecule has 0 saturated carbocycles. The number of likely N-dealkylation sites (N-methyl/N-ethyl adjacent to an activating group) is 1. The summed E-state index contributed by atoms with van der Waals surface area (Å²) in [5.74, 6) is -1.63. The molecule has 3 heterocycles. The monoisotopic (exact) mass is 662 g/mol. The molecule has 47 heavy (non-hydrogen) atoms. The van der Waals surface area contributed by atoms with Crippen molar-refractivity contribution >= 4 is 35.0 Å². The summed E-state index contributed by atoms with van der Waals surface area (Å²) in [6, 6.07) is 12.0. The van der Waals surface area contributed by atoms with Gasteiger partial charge in [0.2, 0.25) is 18.1 Å². The van der Waals surface area contributed by atoms with E-state index in [-0.39, 0.29) is 33.8 Å². The molecule has 2 aromatic carbocycles. The summed E-state index contributed by atoms with van der Waals surface area (Å²) < 4.78 is 21.8. The highest BCUT2D eigenvalue weighted by molar-refractivity contribution is 6.36. The molecular weight excluding hydrogens is 627 g/mol. The Kier molecular flexibility index (Phi) is 8.93. The highest BCUT2D eigenvalue weighted by atomic mass is 35.5. The fraction of sp³-hybridized carbons (Fsp3) is 0.353. The summed E-state index contributed by atoms with van der Waals surface area (Å²) in [6.07, 6.45) is 1.74. The lowest BCUT2D eigenvalue weighted by Gasteiger charge is -2.38. The Morgan fingerprint density at radius 2 is 1.74 bits per heavy atom. The number of amides is 3. The number of piperazine rings is 1. The number of aliphatic hydroxyl groups is 1. The second-order valence-corrected chi connectivity index (χ2v) is 12.3. The van der Waals surface area contributed by atoms with E-state index in [9.17, 15) is 19.5 Å². The van der Waals surface area contributed by atoms with Gasteiger partial charge in [-0.15, -0.1) is 0 Å². The van der Waals surface area contributed by atoms with Gasteiger partial charge in [0.1, 0.15) is 5.57 Å². The number of nitrogens with zero attached hydrogens (tertiary/aromatic N) is 5. The van der Waals surface area contributed by atoms with Crippen molar-refractivity contribution in [1.82, 2.24) is 24.6 Å². The van der Waals surface area contributed by atoms with Crippen LogP contribution in [0.25, 0.3) is 22.4 Å². The average Bonchev–Trinajstić information content (AvgIpc) is 3.50.